The van der Waals surface area contributed by atoms with Gasteiger partial charge in [-0.3, -0.25) is 4.79 Å². The van der Waals surface area contributed by atoms with Gasteiger partial charge in [-0.15, -0.1) is 0 Å². The second kappa shape index (κ2) is 7.44. The van der Waals surface area contributed by atoms with Gasteiger partial charge in [0.2, 0.25) is 5.78 Å². The molecule has 0 bridgehead atoms. The van der Waals surface area contributed by atoms with Crippen LogP contribution in [0.2, 0.25) is 0 Å². The molecule has 0 aliphatic heterocycles. The van der Waals surface area contributed by atoms with Gasteiger partial charge in [-0.1, -0.05) is 42.5 Å². The van der Waals surface area contributed by atoms with Crippen LogP contribution in [0.25, 0.3) is 0 Å². The van der Waals surface area contributed by atoms with Crippen LogP contribution in [0.3, 0.4) is 0 Å². The number of sulfonamides is 1. The van der Waals surface area contributed by atoms with E-state index < -0.39 is 15.8 Å². The van der Waals surface area contributed by atoms with Crippen molar-refractivity contribution in [1.29, 1.82) is 0 Å². The zero-order valence-corrected chi connectivity index (χ0v) is 15.9. The molecule has 3 aromatic rings. The van der Waals surface area contributed by atoms with E-state index in [1.165, 1.54) is 6.08 Å². The minimum Gasteiger partial charge on any atom is -0.352 e. The summed E-state index contributed by atoms with van der Waals surface area (Å²) in [5.74, 6) is -0.804. The third kappa shape index (κ3) is 3.86. The molecule has 1 aliphatic carbocycles. The van der Waals surface area contributed by atoms with Crippen molar-refractivity contribution in [2.45, 2.75) is 4.90 Å². The van der Waals surface area contributed by atoms with Crippen LogP contribution in [0.1, 0.15) is 15.9 Å². The number of ketones is 1. The van der Waals surface area contributed by atoms with E-state index in [0.29, 0.717) is 16.8 Å². The highest BCUT2D eigenvalue weighted by Gasteiger charge is 2.26. The van der Waals surface area contributed by atoms with Crippen LogP contribution in [0.5, 0.6) is 0 Å². The maximum Gasteiger partial charge on any atom is 0.282 e. The summed E-state index contributed by atoms with van der Waals surface area (Å²) in [6, 6.07) is 20.2. The highest BCUT2D eigenvalue weighted by atomic mass is 32.2. The molecule has 1 N–H and O–H groups in total. The predicted molar refractivity (Wildman–Crippen MR) is 109 cm³/mol. The fourth-order valence-corrected chi connectivity index (χ4v) is 3.96. The first-order valence-corrected chi connectivity index (χ1v) is 10.2. The second-order valence-corrected chi connectivity index (χ2v) is 7.93. The third-order valence-corrected chi connectivity index (χ3v) is 5.66. The van der Waals surface area contributed by atoms with Crippen LogP contribution in [0.4, 0.5) is 10.1 Å². The molecular weight excluding hydrogens is 391 g/mol. The van der Waals surface area contributed by atoms with E-state index in [2.05, 4.69) is 9.71 Å². The predicted octanol–water partition coefficient (Wildman–Crippen LogP) is 4.20. The van der Waals surface area contributed by atoms with Crippen LogP contribution in [-0.2, 0) is 10.0 Å². The number of Topliss-reactive ketones (excluding diaryl/α,β-unsaturated/α-hetero) is 1. The van der Waals surface area contributed by atoms with Crippen molar-refractivity contribution in [3.05, 3.63) is 108 Å². The maximum absolute atomic E-state index is 13.1. The zero-order chi connectivity index (χ0) is 20.4. The van der Waals surface area contributed by atoms with E-state index in [-0.39, 0.29) is 22.1 Å². The van der Waals surface area contributed by atoms with E-state index >= 15 is 0 Å². The molecule has 29 heavy (non-hydrogen) atoms. The molecule has 0 radical (unpaired) electrons. The maximum atomic E-state index is 13.1. The normalized spacial score (nSPS) is 15.0. The number of benzene rings is 3. The Balaban J connectivity index is 1.82. The lowest BCUT2D eigenvalue weighted by atomic mass is 9.92. The Morgan fingerprint density at radius 2 is 1.41 bits per heavy atom. The first kappa shape index (κ1) is 18.8. The molecule has 5 nitrogen and oxygen atoms in total. The lowest BCUT2D eigenvalue weighted by Crippen LogP contribution is -2.22. The average Bonchev–Trinajstić information content (AvgIpc) is 2.72. The summed E-state index contributed by atoms with van der Waals surface area (Å²) in [5, 5.41) is 3.02. The smallest absolute Gasteiger partial charge is 0.282 e. The Morgan fingerprint density at radius 3 is 2.10 bits per heavy atom. The fourth-order valence-electron chi connectivity index (χ4n) is 2.96. The van der Waals surface area contributed by atoms with E-state index in [4.69, 9.17) is 0 Å². The number of rotatable bonds is 4. The first-order valence-electron chi connectivity index (χ1n) is 8.72. The molecule has 1 aliphatic rings. The van der Waals surface area contributed by atoms with E-state index in [9.17, 15) is 17.6 Å². The Labute approximate surface area is 167 Å². The van der Waals surface area contributed by atoms with Gasteiger partial charge in [0.1, 0.15) is 5.82 Å². The summed E-state index contributed by atoms with van der Waals surface area (Å²) in [6.07, 6.45) is 1.42. The highest BCUT2D eigenvalue weighted by molar-refractivity contribution is 7.90. The van der Waals surface area contributed by atoms with Gasteiger partial charge in [-0.25, -0.2) is 4.39 Å². The Morgan fingerprint density at radius 1 is 0.793 bits per heavy atom. The van der Waals surface area contributed by atoms with Gasteiger partial charge in [-0.05, 0) is 42.5 Å². The second-order valence-electron chi connectivity index (χ2n) is 6.33. The van der Waals surface area contributed by atoms with Crippen molar-refractivity contribution in [3.63, 3.8) is 0 Å². The molecule has 0 saturated heterocycles. The monoisotopic (exact) mass is 406 g/mol. The van der Waals surface area contributed by atoms with Crippen molar-refractivity contribution in [3.8, 4) is 0 Å². The van der Waals surface area contributed by atoms with Gasteiger partial charge >= 0.3 is 0 Å². The van der Waals surface area contributed by atoms with Gasteiger partial charge in [0, 0.05) is 16.8 Å². The van der Waals surface area contributed by atoms with Crippen LogP contribution < -0.4 is 5.32 Å². The van der Waals surface area contributed by atoms with E-state index in [0.717, 1.165) is 24.3 Å². The van der Waals surface area contributed by atoms with Crippen molar-refractivity contribution >= 4 is 27.2 Å². The van der Waals surface area contributed by atoms with Gasteiger partial charge in [0.15, 0.2) is 0 Å². The topological polar surface area (TPSA) is 75.6 Å². The number of carbonyl (C=O) groups excluding carboxylic acids is 1. The van der Waals surface area contributed by atoms with Crippen LogP contribution in [0, 0.1) is 5.82 Å². The number of para-hydroxylation sites is 1. The van der Waals surface area contributed by atoms with Gasteiger partial charge in [-0.2, -0.15) is 12.8 Å². The van der Waals surface area contributed by atoms with Crippen LogP contribution >= 0.6 is 0 Å². The fraction of sp³-hybridized carbons (Fsp3) is 0. The number of anilines is 1. The summed E-state index contributed by atoms with van der Waals surface area (Å²) < 4.78 is 42.5. The number of nitrogens with zero attached hydrogens (tertiary/aromatic N) is 1. The molecule has 0 heterocycles. The SMILES string of the molecule is O=C1C(Nc2ccccc2)=CC(=NS(=O)(=O)c2ccc(F)cc2)c2ccccc21. The minimum absolute atomic E-state index is 0.128. The van der Waals surface area contributed by atoms with Crippen LogP contribution in [-0.4, -0.2) is 19.9 Å². The van der Waals surface area contributed by atoms with Crippen molar-refractivity contribution in [2.75, 3.05) is 5.32 Å². The molecule has 0 saturated carbocycles. The molecule has 0 atom stereocenters. The number of fused-ring (bicyclic) bond motifs is 1. The largest absolute Gasteiger partial charge is 0.352 e. The molecule has 144 valence electrons. The molecular formula is C22H15FN2O3S. The lowest BCUT2D eigenvalue weighted by molar-refractivity contribution is 0.103. The zero-order valence-electron chi connectivity index (χ0n) is 15.0. The summed E-state index contributed by atoms with van der Waals surface area (Å²) in [6.45, 7) is 0. The minimum atomic E-state index is -4.10. The van der Waals surface area contributed by atoms with E-state index in [1.54, 1.807) is 36.4 Å². The van der Waals surface area contributed by atoms with Crippen molar-refractivity contribution in [2.24, 2.45) is 4.40 Å². The number of nitrogens with one attached hydrogen (secondary N) is 1. The number of hydrogen-bond acceptors (Lipinski definition) is 4. The average molecular weight is 406 g/mol. The number of allylic oxidation sites excluding steroid dienone is 2. The van der Waals surface area contributed by atoms with Gasteiger partial charge in [0.05, 0.1) is 16.3 Å². The molecule has 4 rings (SSSR count). The molecule has 7 heteroatoms. The standard InChI is InChI=1S/C22H15FN2O3S/c23-15-10-12-17(13-11-15)29(27,28)25-20-14-21(24-16-6-2-1-3-7-16)22(26)19-9-5-4-8-18(19)20/h1-14,24H. The first-order chi connectivity index (χ1) is 13.9. The Bertz CT molecular complexity index is 1250. The molecule has 0 fully saturated rings. The molecule has 0 amide bonds. The molecule has 0 unspecified atom stereocenters. The molecule has 0 aromatic heterocycles. The third-order valence-electron chi connectivity index (χ3n) is 4.36. The molecule has 0 spiro atoms. The quantitative estimate of drug-likeness (QED) is 0.705. The summed E-state index contributed by atoms with van der Waals surface area (Å²) in [4.78, 5) is 12.7. The van der Waals surface area contributed by atoms with Crippen LogP contribution in [0.15, 0.2) is 99.9 Å². The highest BCUT2D eigenvalue weighted by Crippen LogP contribution is 2.25. The number of hydrogen-bond donors (Lipinski definition) is 1. The molecule has 3 aromatic carbocycles. The Hall–Kier alpha value is -3.58. The number of carbonyl (C=O) groups is 1. The van der Waals surface area contributed by atoms with Gasteiger partial charge < -0.3 is 5.32 Å². The summed E-state index contributed by atoms with van der Waals surface area (Å²) >= 11 is 0. The van der Waals surface area contributed by atoms with Crippen molar-refractivity contribution in [1.82, 2.24) is 0 Å². The number of halogens is 1. The van der Waals surface area contributed by atoms with Crippen molar-refractivity contribution < 1.29 is 17.6 Å². The lowest BCUT2D eigenvalue weighted by Gasteiger charge is -2.18. The van der Waals surface area contributed by atoms with E-state index in [1.807, 2.05) is 18.2 Å². The Kier molecular flexibility index (Phi) is 4.82. The summed E-state index contributed by atoms with van der Waals surface area (Å²) in [7, 11) is -4.10. The van der Waals surface area contributed by atoms with Gasteiger partial charge in [0.25, 0.3) is 10.0 Å². The summed E-state index contributed by atoms with van der Waals surface area (Å²) in [5.41, 5.74) is 1.79.